The summed E-state index contributed by atoms with van der Waals surface area (Å²) in [5.41, 5.74) is -0.784. The van der Waals surface area contributed by atoms with Gasteiger partial charge in [0.15, 0.2) is 0 Å². The van der Waals surface area contributed by atoms with Crippen LogP contribution in [0.15, 0.2) is 29.7 Å². The Morgan fingerprint density at radius 2 is 1.95 bits per heavy atom. The smallest absolute Gasteiger partial charge is 0.326 e. The number of nitrogens with one attached hydrogen (secondary N) is 1. The highest BCUT2D eigenvalue weighted by molar-refractivity contribution is 7.92. The largest absolute Gasteiger partial charge is 0.468 e. The number of carbonyl (C=O) groups is 1. The van der Waals surface area contributed by atoms with Crippen molar-refractivity contribution >= 4 is 33.7 Å². The third kappa shape index (κ3) is 4.63. The van der Waals surface area contributed by atoms with Gasteiger partial charge in [-0.15, -0.1) is 0 Å². The lowest BCUT2D eigenvalue weighted by molar-refractivity contribution is -0.146. The van der Waals surface area contributed by atoms with E-state index in [0.29, 0.717) is 10.6 Å². The van der Waals surface area contributed by atoms with Crippen LogP contribution in [0.1, 0.15) is 19.4 Å². The van der Waals surface area contributed by atoms with Crippen molar-refractivity contribution in [2.75, 3.05) is 7.11 Å². The zero-order chi connectivity index (χ0) is 15.4. The van der Waals surface area contributed by atoms with E-state index >= 15 is 0 Å². The number of methoxy groups -OCH3 is 1. The van der Waals surface area contributed by atoms with Crippen molar-refractivity contribution in [3.63, 3.8) is 0 Å². The fourth-order valence-corrected chi connectivity index (χ4v) is 2.85. The molecule has 110 valence electrons. The van der Waals surface area contributed by atoms with Gasteiger partial charge in [0.05, 0.1) is 7.11 Å². The first kappa shape index (κ1) is 16.7. The monoisotopic (exact) mass is 317 g/mol. The van der Waals surface area contributed by atoms with E-state index in [4.69, 9.17) is 11.6 Å². The molecule has 5 nitrogen and oxygen atoms in total. The van der Waals surface area contributed by atoms with Crippen LogP contribution in [0, 0.1) is 0 Å². The Morgan fingerprint density at radius 1 is 1.35 bits per heavy atom. The molecule has 1 rings (SSSR count). The van der Waals surface area contributed by atoms with E-state index in [1.54, 1.807) is 24.3 Å². The average molecular weight is 318 g/mol. The molecule has 1 aromatic rings. The molecular weight excluding hydrogens is 302 g/mol. The molecule has 0 saturated heterocycles. The van der Waals surface area contributed by atoms with Crippen LogP contribution in [0.2, 0.25) is 5.02 Å². The number of sulfonamides is 1. The van der Waals surface area contributed by atoms with Crippen molar-refractivity contribution < 1.29 is 17.9 Å². The Hall–Kier alpha value is -1.37. The molecule has 0 heterocycles. The van der Waals surface area contributed by atoms with Gasteiger partial charge in [-0.05, 0) is 31.6 Å². The second-order valence-corrected chi connectivity index (χ2v) is 6.56. The third-order valence-corrected chi connectivity index (χ3v) is 4.06. The number of rotatable bonds is 5. The van der Waals surface area contributed by atoms with Crippen LogP contribution < -0.4 is 4.72 Å². The van der Waals surface area contributed by atoms with E-state index in [1.807, 2.05) is 0 Å². The molecule has 0 bridgehead atoms. The summed E-state index contributed by atoms with van der Waals surface area (Å²) >= 11 is 5.92. The standard InChI is InChI=1S/C13H16ClNO4S/c1-13(2,12(16)19-3)15-20(17,18)9-8-10-6-4-5-7-11(10)14/h4-9,15H,1-3H3/b9-8-. The Bertz CT molecular complexity index is 623. The lowest BCUT2D eigenvalue weighted by atomic mass is 10.1. The molecule has 0 atom stereocenters. The number of esters is 1. The van der Waals surface area contributed by atoms with Gasteiger partial charge in [-0.3, -0.25) is 4.79 Å². The second-order valence-electron chi connectivity index (χ2n) is 4.59. The van der Waals surface area contributed by atoms with Gasteiger partial charge in [-0.2, -0.15) is 4.72 Å². The van der Waals surface area contributed by atoms with Crippen LogP contribution in [-0.2, 0) is 19.6 Å². The van der Waals surface area contributed by atoms with Gasteiger partial charge < -0.3 is 4.74 Å². The maximum Gasteiger partial charge on any atom is 0.326 e. The first-order chi connectivity index (χ1) is 9.18. The van der Waals surface area contributed by atoms with Crippen LogP contribution in [0.3, 0.4) is 0 Å². The van der Waals surface area contributed by atoms with Crippen LogP contribution in [0.4, 0.5) is 0 Å². The molecule has 0 unspecified atom stereocenters. The molecule has 0 radical (unpaired) electrons. The molecule has 7 heteroatoms. The molecule has 0 aliphatic rings. The molecule has 0 amide bonds. The lowest BCUT2D eigenvalue weighted by Crippen LogP contribution is -2.49. The highest BCUT2D eigenvalue weighted by Crippen LogP contribution is 2.17. The summed E-state index contributed by atoms with van der Waals surface area (Å²) in [6, 6.07) is 6.82. The quantitative estimate of drug-likeness (QED) is 0.845. The summed E-state index contributed by atoms with van der Waals surface area (Å²) < 4.78 is 30.6. The van der Waals surface area contributed by atoms with Crippen molar-refractivity contribution in [3.8, 4) is 0 Å². The minimum Gasteiger partial charge on any atom is -0.468 e. The van der Waals surface area contributed by atoms with Crippen LogP contribution >= 0.6 is 11.6 Å². The summed E-state index contributed by atoms with van der Waals surface area (Å²) in [4.78, 5) is 11.4. The van der Waals surface area contributed by atoms with Crippen LogP contribution in [0.5, 0.6) is 0 Å². The van der Waals surface area contributed by atoms with Crippen molar-refractivity contribution in [3.05, 3.63) is 40.3 Å². The maximum absolute atomic E-state index is 11.9. The first-order valence-electron chi connectivity index (χ1n) is 5.73. The minimum absolute atomic E-state index is 0.436. The van der Waals surface area contributed by atoms with Crippen LogP contribution in [0.25, 0.3) is 6.08 Å². The van der Waals surface area contributed by atoms with Gasteiger partial charge in [0.2, 0.25) is 10.0 Å². The van der Waals surface area contributed by atoms with Crippen molar-refractivity contribution in [1.82, 2.24) is 4.72 Å². The SMILES string of the molecule is COC(=O)C(C)(C)NS(=O)(=O)/C=C\c1ccccc1Cl. The number of carbonyl (C=O) groups excluding carboxylic acids is 1. The Morgan fingerprint density at radius 3 is 2.50 bits per heavy atom. The molecule has 0 aliphatic carbocycles. The van der Waals surface area contributed by atoms with E-state index in [2.05, 4.69) is 9.46 Å². The van der Waals surface area contributed by atoms with Gasteiger partial charge in [0, 0.05) is 10.4 Å². The van der Waals surface area contributed by atoms with Gasteiger partial charge in [-0.1, -0.05) is 29.8 Å². The van der Waals surface area contributed by atoms with Gasteiger partial charge in [-0.25, -0.2) is 8.42 Å². The predicted molar refractivity (Wildman–Crippen MR) is 78.6 cm³/mol. The normalized spacial score (nSPS) is 12.6. The van der Waals surface area contributed by atoms with E-state index in [1.165, 1.54) is 27.0 Å². The maximum atomic E-state index is 11.9. The Balaban J connectivity index is 2.91. The number of benzene rings is 1. The van der Waals surface area contributed by atoms with Gasteiger partial charge in [0.25, 0.3) is 0 Å². The van der Waals surface area contributed by atoms with Crippen molar-refractivity contribution in [2.24, 2.45) is 0 Å². The Labute approximate surface area is 123 Å². The predicted octanol–water partition coefficient (Wildman–Crippen LogP) is 2.18. The number of hydrogen-bond donors (Lipinski definition) is 1. The highest BCUT2D eigenvalue weighted by Gasteiger charge is 2.32. The van der Waals surface area contributed by atoms with Gasteiger partial charge in [0.1, 0.15) is 5.54 Å². The zero-order valence-corrected chi connectivity index (χ0v) is 13.0. The minimum atomic E-state index is -3.80. The van der Waals surface area contributed by atoms with E-state index < -0.39 is 21.5 Å². The van der Waals surface area contributed by atoms with E-state index in [-0.39, 0.29) is 0 Å². The highest BCUT2D eigenvalue weighted by atomic mass is 35.5. The molecule has 0 fully saturated rings. The molecular formula is C13H16ClNO4S. The summed E-state index contributed by atoms with van der Waals surface area (Å²) in [5, 5.41) is 1.39. The number of hydrogen-bond acceptors (Lipinski definition) is 4. The summed E-state index contributed by atoms with van der Waals surface area (Å²) in [7, 11) is -2.61. The second kappa shape index (κ2) is 6.39. The molecule has 0 spiro atoms. The number of ether oxygens (including phenoxy) is 1. The lowest BCUT2D eigenvalue weighted by Gasteiger charge is -2.21. The van der Waals surface area contributed by atoms with E-state index in [9.17, 15) is 13.2 Å². The molecule has 0 aliphatic heterocycles. The zero-order valence-electron chi connectivity index (χ0n) is 11.4. The fraction of sp³-hybridized carbons (Fsp3) is 0.308. The van der Waals surface area contributed by atoms with Crippen LogP contribution in [-0.4, -0.2) is 27.0 Å². The van der Waals surface area contributed by atoms with E-state index in [0.717, 1.165) is 5.41 Å². The summed E-state index contributed by atoms with van der Waals surface area (Å²) in [6.45, 7) is 2.83. The molecule has 0 aromatic heterocycles. The van der Waals surface area contributed by atoms with Crippen molar-refractivity contribution in [1.29, 1.82) is 0 Å². The summed E-state index contributed by atoms with van der Waals surface area (Å²) in [5.74, 6) is -0.674. The first-order valence-corrected chi connectivity index (χ1v) is 7.65. The molecule has 20 heavy (non-hydrogen) atoms. The topological polar surface area (TPSA) is 72.5 Å². The molecule has 1 aromatic carbocycles. The fourth-order valence-electron chi connectivity index (χ4n) is 1.46. The molecule has 1 N–H and O–H groups in total. The average Bonchev–Trinajstić information content (AvgIpc) is 2.35. The summed E-state index contributed by atoms with van der Waals surface area (Å²) in [6.07, 6.45) is 1.36. The third-order valence-electron chi connectivity index (χ3n) is 2.43. The van der Waals surface area contributed by atoms with Crippen molar-refractivity contribution in [2.45, 2.75) is 19.4 Å². The molecule has 0 saturated carbocycles. The number of halogens is 1. The Kier molecular flexibility index (Phi) is 5.33. The van der Waals surface area contributed by atoms with Gasteiger partial charge >= 0.3 is 5.97 Å².